The summed E-state index contributed by atoms with van der Waals surface area (Å²) in [6, 6.07) is 13.6. The smallest absolute Gasteiger partial charge is 0.0482 e. The minimum Gasteiger partial charge on any atom is -0.366 e. The van der Waals surface area contributed by atoms with Crippen LogP contribution in [0.1, 0.15) is 17.5 Å². The van der Waals surface area contributed by atoms with Crippen molar-refractivity contribution in [3.8, 4) is 11.1 Å². The van der Waals surface area contributed by atoms with Gasteiger partial charge in [-0.2, -0.15) is 0 Å². The molecule has 1 unspecified atom stereocenters. The quantitative estimate of drug-likeness (QED) is 0.855. The van der Waals surface area contributed by atoms with E-state index in [0.29, 0.717) is 6.04 Å². The average molecular weight is 313 g/mol. The van der Waals surface area contributed by atoms with Gasteiger partial charge < -0.3 is 10.2 Å². The molecule has 2 aliphatic heterocycles. The maximum absolute atomic E-state index is 6.14. The normalized spacial score (nSPS) is 20.5. The molecule has 1 saturated heterocycles. The number of para-hydroxylation sites is 1. The van der Waals surface area contributed by atoms with Crippen molar-refractivity contribution in [2.24, 2.45) is 0 Å². The molecule has 3 heteroatoms. The topological polar surface area (TPSA) is 15.3 Å². The molecule has 1 atom stereocenters. The van der Waals surface area contributed by atoms with Gasteiger partial charge in [-0.3, -0.25) is 0 Å². The highest BCUT2D eigenvalue weighted by atomic mass is 35.5. The van der Waals surface area contributed by atoms with Crippen LogP contribution in [0.3, 0.4) is 0 Å². The summed E-state index contributed by atoms with van der Waals surface area (Å²) in [7, 11) is 0. The second kappa shape index (κ2) is 5.60. The molecule has 2 aliphatic rings. The van der Waals surface area contributed by atoms with E-state index in [1.54, 1.807) is 0 Å². The zero-order valence-corrected chi connectivity index (χ0v) is 13.7. The number of rotatable bonds is 1. The Balaban J connectivity index is 1.84. The van der Waals surface area contributed by atoms with Gasteiger partial charge in [0.25, 0.3) is 0 Å². The Morgan fingerprint density at radius 1 is 1.14 bits per heavy atom. The van der Waals surface area contributed by atoms with E-state index < -0.39 is 0 Å². The fraction of sp³-hybridized carbons (Fsp3) is 0.368. The minimum absolute atomic E-state index is 0.652. The first-order valence-electron chi connectivity index (χ1n) is 8.10. The molecule has 4 rings (SSSR count). The molecule has 0 radical (unpaired) electrons. The maximum Gasteiger partial charge on any atom is 0.0482 e. The van der Waals surface area contributed by atoms with Gasteiger partial charge in [0.2, 0.25) is 0 Å². The van der Waals surface area contributed by atoms with E-state index in [-0.39, 0.29) is 0 Å². The lowest BCUT2D eigenvalue weighted by Crippen LogP contribution is -2.33. The molecule has 2 heterocycles. The molecular weight excluding hydrogens is 292 g/mol. The minimum atomic E-state index is 0.652. The van der Waals surface area contributed by atoms with Crippen LogP contribution in [-0.2, 0) is 6.42 Å². The van der Waals surface area contributed by atoms with Crippen molar-refractivity contribution in [1.29, 1.82) is 0 Å². The van der Waals surface area contributed by atoms with Crippen LogP contribution < -0.4 is 10.2 Å². The van der Waals surface area contributed by atoms with Crippen molar-refractivity contribution in [2.45, 2.75) is 25.8 Å². The number of halogens is 1. The summed E-state index contributed by atoms with van der Waals surface area (Å²) < 4.78 is 0. The van der Waals surface area contributed by atoms with Gasteiger partial charge in [-0.1, -0.05) is 35.9 Å². The fourth-order valence-electron chi connectivity index (χ4n) is 3.93. The van der Waals surface area contributed by atoms with E-state index in [1.807, 2.05) is 6.07 Å². The van der Waals surface area contributed by atoms with Crippen LogP contribution in [-0.4, -0.2) is 25.7 Å². The SMILES string of the molecule is Cc1cc(Cl)ccc1-c1cccc2c1N1CCNCCC1C2. The molecule has 0 saturated carbocycles. The standard InChI is InChI=1S/C19H21ClN2/c1-13-11-15(20)5-6-17(13)18-4-2-3-14-12-16-7-8-21-9-10-22(16)19(14)18/h2-6,11,16,21H,7-10,12H2,1H3. The van der Waals surface area contributed by atoms with Gasteiger partial charge in [-0.25, -0.2) is 0 Å². The first-order valence-corrected chi connectivity index (χ1v) is 8.47. The first-order chi connectivity index (χ1) is 10.7. The summed E-state index contributed by atoms with van der Waals surface area (Å²) in [5.41, 5.74) is 6.85. The number of hydrogen-bond acceptors (Lipinski definition) is 2. The van der Waals surface area contributed by atoms with Crippen molar-refractivity contribution >= 4 is 17.3 Å². The third kappa shape index (κ3) is 2.31. The molecule has 1 N–H and O–H groups in total. The van der Waals surface area contributed by atoms with Crippen LogP contribution >= 0.6 is 11.6 Å². The summed E-state index contributed by atoms with van der Waals surface area (Å²) in [5, 5.41) is 4.34. The Morgan fingerprint density at radius 3 is 2.91 bits per heavy atom. The van der Waals surface area contributed by atoms with Crippen molar-refractivity contribution in [3.05, 3.63) is 52.5 Å². The van der Waals surface area contributed by atoms with Gasteiger partial charge in [0.1, 0.15) is 0 Å². The van der Waals surface area contributed by atoms with Crippen LogP contribution in [0.4, 0.5) is 5.69 Å². The third-order valence-corrected chi connectivity index (χ3v) is 5.20. The molecule has 22 heavy (non-hydrogen) atoms. The molecule has 2 aromatic rings. The van der Waals surface area contributed by atoms with Gasteiger partial charge in [0, 0.05) is 35.4 Å². The van der Waals surface area contributed by atoms with Gasteiger partial charge in [0.05, 0.1) is 0 Å². The van der Waals surface area contributed by atoms with Gasteiger partial charge in [-0.05, 0) is 55.1 Å². The van der Waals surface area contributed by atoms with E-state index in [0.717, 1.165) is 24.7 Å². The van der Waals surface area contributed by atoms with Gasteiger partial charge in [0.15, 0.2) is 0 Å². The maximum atomic E-state index is 6.14. The van der Waals surface area contributed by atoms with E-state index in [9.17, 15) is 0 Å². The van der Waals surface area contributed by atoms with Crippen LogP contribution in [0.15, 0.2) is 36.4 Å². The fourth-order valence-corrected chi connectivity index (χ4v) is 4.16. The number of fused-ring (bicyclic) bond motifs is 3. The van der Waals surface area contributed by atoms with Gasteiger partial charge in [-0.15, -0.1) is 0 Å². The first kappa shape index (κ1) is 14.1. The van der Waals surface area contributed by atoms with Crippen LogP contribution in [0.25, 0.3) is 11.1 Å². The van der Waals surface area contributed by atoms with Gasteiger partial charge >= 0.3 is 0 Å². The van der Waals surface area contributed by atoms with Crippen molar-refractivity contribution in [2.75, 3.05) is 24.5 Å². The Labute approximate surface area is 137 Å². The van der Waals surface area contributed by atoms with Crippen molar-refractivity contribution in [1.82, 2.24) is 5.32 Å². The van der Waals surface area contributed by atoms with E-state index in [2.05, 4.69) is 47.5 Å². The number of benzene rings is 2. The Kier molecular flexibility index (Phi) is 3.59. The molecule has 0 bridgehead atoms. The monoisotopic (exact) mass is 312 g/mol. The highest BCUT2D eigenvalue weighted by Crippen LogP contribution is 2.42. The summed E-state index contributed by atoms with van der Waals surface area (Å²) in [4.78, 5) is 2.62. The number of anilines is 1. The summed E-state index contributed by atoms with van der Waals surface area (Å²) in [6.07, 6.45) is 2.41. The Morgan fingerprint density at radius 2 is 2.05 bits per heavy atom. The van der Waals surface area contributed by atoms with E-state index in [1.165, 1.54) is 40.8 Å². The van der Waals surface area contributed by atoms with Crippen LogP contribution in [0.2, 0.25) is 5.02 Å². The van der Waals surface area contributed by atoms with Crippen LogP contribution in [0.5, 0.6) is 0 Å². The Hall–Kier alpha value is -1.51. The zero-order chi connectivity index (χ0) is 15.1. The molecule has 0 amide bonds. The summed E-state index contributed by atoms with van der Waals surface area (Å²) >= 11 is 6.14. The third-order valence-electron chi connectivity index (χ3n) is 4.97. The van der Waals surface area contributed by atoms with Crippen LogP contribution in [0, 0.1) is 6.92 Å². The Bertz CT molecular complexity index is 711. The summed E-state index contributed by atoms with van der Waals surface area (Å²) in [6.45, 7) is 5.45. The lowest BCUT2D eigenvalue weighted by atomic mass is 9.96. The molecule has 2 aromatic carbocycles. The lowest BCUT2D eigenvalue weighted by molar-refractivity contribution is 0.612. The molecule has 1 fully saturated rings. The van der Waals surface area contributed by atoms with E-state index in [4.69, 9.17) is 11.6 Å². The molecule has 0 aromatic heterocycles. The second-order valence-electron chi connectivity index (χ2n) is 6.36. The number of nitrogens with one attached hydrogen (secondary N) is 1. The average Bonchev–Trinajstić information content (AvgIpc) is 2.70. The number of nitrogens with zero attached hydrogens (tertiary/aromatic N) is 1. The predicted molar refractivity (Wildman–Crippen MR) is 93.9 cm³/mol. The highest BCUT2D eigenvalue weighted by Gasteiger charge is 2.32. The van der Waals surface area contributed by atoms with E-state index >= 15 is 0 Å². The number of hydrogen-bond donors (Lipinski definition) is 1. The second-order valence-corrected chi connectivity index (χ2v) is 6.80. The molecule has 2 nitrogen and oxygen atoms in total. The molecule has 114 valence electrons. The zero-order valence-electron chi connectivity index (χ0n) is 12.9. The van der Waals surface area contributed by atoms with Crippen molar-refractivity contribution < 1.29 is 0 Å². The lowest BCUT2D eigenvalue weighted by Gasteiger charge is -2.27. The predicted octanol–water partition coefficient (Wildman–Crippen LogP) is 4.04. The number of aryl methyl sites for hydroxylation is 1. The highest BCUT2D eigenvalue weighted by molar-refractivity contribution is 6.30. The summed E-state index contributed by atoms with van der Waals surface area (Å²) in [5.74, 6) is 0. The molecule has 0 aliphatic carbocycles. The molecule has 0 spiro atoms. The van der Waals surface area contributed by atoms with Crippen molar-refractivity contribution in [3.63, 3.8) is 0 Å². The molecular formula is C19H21ClN2. The largest absolute Gasteiger partial charge is 0.366 e.